The molecule has 1 atom stereocenters. The summed E-state index contributed by atoms with van der Waals surface area (Å²) >= 11 is 1.18. The molecule has 0 aliphatic carbocycles. The van der Waals surface area contributed by atoms with Gasteiger partial charge in [0.25, 0.3) is 0 Å². The van der Waals surface area contributed by atoms with Gasteiger partial charge < -0.3 is 20.1 Å². The second-order valence-electron chi connectivity index (χ2n) is 7.55. The number of hydrogen-bond donors (Lipinski definition) is 2. The predicted octanol–water partition coefficient (Wildman–Crippen LogP) is 4.22. The molecule has 4 rings (SSSR count). The molecule has 2 amide bonds. The van der Waals surface area contributed by atoms with Gasteiger partial charge in [-0.2, -0.15) is 5.10 Å². The van der Waals surface area contributed by atoms with Crippen LogP contribution in [-0.2, 0) is 16.2 Å². The molecule has 1 saturated heterocycles. The van der Waals surface area contributed by atoms with Gasteiger partial charge in [-0.05, 0) is 41.5 Å². The van der Waals surface area contributed by atoms with Crippen molar-refractivity contribution in [3.8, 4) is 11.5 Å². The Morgan fingerprint density at radius 3 is 2.54 bits per heavy atom. The molecular weight excluding hydrogens is 464 g/mol. The van der Waals surface area contributed by atoms with Crippen LogP contribution in [0, 0.1) is 0 Å². The second kappa shape index (κ2) is 11.8. The van der Waals surface area contributed by atoms with Crippen molar-refractivity contribution in [1.82, 2.24) is 5.32 Å². The zero-order valence-corrected chi connectivity index (χ0v) is 19.8. The van der Waals surface area contributed by atoms with E-state index in [0.29, 0.717) is 29.0 Å². The van der Waals surface area contributed by atoms with Gasteiger partial charge in [-0.25, -0.2) is 0 Å². The highest BCUT2D eigenvalue weighted by Crippen LogP contribution is 2.28. The number of methoxy groups -OCH3 is 1. The quantitative estimate of drug-likeness (QED) is 0.347. The first-order valence-electron chi connectivity index (χ1n) is 10.9. The zero-order valence-electron chi connectivity index (χ0n) is 19.0. The average Bonchev–Trinajstić information content (AvgIpc) is 3.22. The van der Waals surface area contributed by atoms with Crippen molar-refractivity contribution < 1.29 is 19.1 Å². The minimum Gasteiger partial charge on any atom is -0.493 e. The SMILES string of the molecule is COc1ccc(/C=N/N=C2\NC(=O)C(CC(=O)Nc3ccccc3)S2)cc1OCc1ccccc1. The van der Waals surface area contributed by atoms with Gasteiger partial charge in [-0.3, -0.25) is 9.59 Å². The summed E-state index contributed by atoms with van der Waals surface area (Å²) < 4.78 is 11.3. The Bertz CT molecular complexity index is 1230. The molecule has 1 fully saturated rings. The number of amides is 2. The van der Waals surface area contributed by atoms with Gasteiger partial charge in [0.1, 0.15) is 11.9 Å². The lowest BCUT2D eigenvalue weighted by molar-refractivity contribution is -0.122. The van der Waals surface area contributed by atoms with E-state index in [1.165, 1.54) is 11.8 Å². The Morgan fingerprint density at radius 2 is 1.80 bits per heavy atom. The number of thioether (sulfide) groups is 1. The summed E-state index contributed by atoms with van der Waals surface area (Å²) in [5.41, 5.74) is 2.48. The monoisotopic (exact) mass is 488 g/mol. The third kappa shape index (κ3) is 6.94. The first kappa shape index (κ1) is 24.0. The van der Waals surface area contributed by atoms with Crippen molar-refractivity contribution in [2.24, 2.45) is 10.2 Å². The molecule has 1 heterocycles. The van der Waals surface area contributed by atoms with Gasteiger partial charge in [0, 0.05) is 12.1 Å². The van der Waals surface area contributed by atoms with Crippen molar-refractivity contribution in [2.75, 3.05) is 12.4 Å². The van der Waals surface area contributed by atoms with Gasteiger partial charge >= 0.3 is 0 Å². The number of carbonyl (C=O) groups is 2. The molecular formula is C26H24N4O4S. The number of nitrogens with one attached hydrogen (secondary N) is 2. The number of benzene rings is 3. The fourth-order valence-electron chi connectivity index (χ4n) is 3.26. The van der Waals surface area contributed by atoms with E-state index < -0.39 is 5.25 Å². The minimum atomic E-state index is -0.563. The fourth-order valence-corrected chi connectivity index (χ4v) is 4.18. The number of nitrogens with zero attached hydrogens (tertiary/aromatic N) is 2. The van der Waals surface area contributed by atoms with Gasteiger partial charge in [-0.1, -0.05) is 60.3 Å². The van der Waals surface area contributed by atoms with E-state index in [9.17, 15) is 9.59 Å². The smallest absolute Gasteiger partial charge is 0.240 e. The van der Waals surface area contributed by atoms with Crippen LogP contribution in [0.15, 0.2) is 89.1 Å². The summed E-state index contributed by atoms with van der Waals surface area (Å²) in [6.45, 7) is 0.405. The van der Waals surface area contributed by atoms with Crippen molar-refractivity contribution in [3.05, 3.63) is 90.0 Å². The highest BCUT2D eigenvalue weighted by Gasteiger charge is 2.32. The van der Waals surface area contributed by atoms with E-state index in [2.05, 4.69) is 20.8 Å². The molecule has 3 aromatic rings. The van der Waals surface area contributed by atoms with Crippen LogP contribution in [0.3, 0.4) is 0 Å². The van der Waals surface area contributed by atoms with Crippen molar-refractivity contribution in [1.29, 1.82) is 0 Å². The van der Waals surface area contributed by atoms with E-state index in [0.717, 1.165) is 11.1 Å². The molecule has 3 aromatic carbocycles. The number of amidine groups is 1. The Hall–Kier alpha value is -4.11. The first-order chi connectivity index (χ1) is 17.1. The van der Waals surface area contributed by atoms with Crippen molar-refractivity contribution in [3.63, 3.8) is 0 Å². The van der Waals surface area contributed by atoms with E-state index in [-0.39, 0.29) is 18.2 Å². The standard InChI is InChI=1S/C26H24N4O4S/c1-33-21-13-12-19(14-22(21)34-17-18-8-4-2-5-9-18)16-27-30-26-29-25(32)23(35-26)15-24(31)28-20-10-6-3-7-11-20/h2-14,16,23H,15,17H2,1H3,(H,28,31)(H,29,30,32)/b27-16+. The number of ether oxygens (including phenoxy) is 2. The Kier molecular flexibility index (Phi) is 8.13. The molecule has 1 unspecified atom stereocenters. The van der Waals surface area contributed by atoms with Crippen LogP contribution in [0.2, 0.25) is 0 Å². The molecule has 0 aromatic heterocycles. The maximum absolute atomic E-state index is 12.3. The fraction of sp³-hybridized carbons (Fsp3) is 0.154. The first-order valence-corrected chi connectivity index (χ1v) is 11.8. The highest BCUT2D eigenvalue weighted by atomic mass is 32.2. The lowest BCUT2D eigenvalue weighted by Crippen LogP contribution is -2.28. The van der Waals surface area contributed by atoms with Crippen LogP contribution in [0.1, 0.15) is 17.5 Å². The minimum absolute atomic E-state index is 0.0364. The summed E-state index contributed by atoms with van der Waals surface area (Å²) in [7, 11) is 1.58. The summed E-state index contributed by atoms with van der Waals surface area (Å²) in [5, 5.41) is 13.4. The molecule has 0 saturated carbocycles. The van der Waals surface area contributed by atoms with Gasteiger partial charge in [-0.15, -0.1) is 5.10 Å². The molecule has 1 aliphatic rings. The van der Waals surface area contributed by atoms with Crippen LogP contribution >= 0.6 is 11.8 Å². The van der Waals surface area contributed by atoms with Crippen LogP contribution in [0.5, 0.6) is 11.5 Å². The average molecular weight is 489 g/mol. The summed E-state index contributed by atoms with van der Waals surface area (Å²) in [5.74, 6) is 0.684. The Morgan fingerprint density at radius 1 is 1.06 bits per heavy atom. The summed E-state index contributed by atoms with van der Waals surface area (Å²) in [6, 6.07) is 24.4. The maximum Gasteiger partial charge on any atom is 0.240 e. The second-order valence-corrected chi connectivity index (χ2v) is 8.74. The third-order valence-electron chi connectivity index (χ3n) is 4.99. The zero-order chi connectivity index (χ0) is 24.5. The van der Waals surface area contributed by atoms with E-state index in [1.54, 1.807) is 31.5 Å². The molecule has 0 bridgehead atoms. The lowest BCUT2D eigenvalue weighted by atomic mass is 10.2. The number of hydrogen-bond acceptors (Lipinski definition) is 7. The number of carbonyl (C=O) groups excluding carboxylic acids is 2. The largest absolute Gasteiger partial charge is 0.493 e. The molecule has 0 spiro atoms. The van der Waals surface area contributed by atoms with Gasteiger partial charge in [0.15, 0.2) is 16.7 Å². The van der Waals surface area contributed by atoms with Crippen molar-refractivity contribution in [2.45, 2.75) is 18.3 Å². The van der Waals surface area contributed by atoms with Crippen LogP contribution in [0.25, 0.3) is 0 Å². The Balaban J connectivity index is 1.34. The normalized spacial score (nSPS) is 16.3. The highest BCUT2D eigenvalue weighted by molar-refractivity contribution is 8.15. The third-order valence-corrected chi connectivity index (χ3v) is 6.06. The predicted molar refractivity (Wildman–Crippen MR) is 138 cm³/mol. The van der Waals surface area contributed by atoms with Crippen LogP contribution in [0.4, 0.5) is 5.69 Å². The molecule has 35 heavy (non-hydrogen) atoms. The number of rotatable bonds is 9. The summed E-state index contributed by atoms with van der Waals surface area (Å²) in [6.07, 6.45) is 1.60. The molecule has 9 heteroatoms. The number of anilines is 1. The molecule has 2 N–H and O–H groups in total. The van der Waals surface area contributed by atoms with Crippen LogP contribution < -0.4 is 20.1 Å². The molecule has 0 radical (unpaired) electrons. The van der Waals surface area contributed by atoms with Gasteiger partial charge in [0.05, 0.1) is 13.3 Å². The molecule has 8 nitrogen and oxygen atoms in total. The van der Waals surface area contributed by atoms with Crippen molar-refractivity contribution >= 4 is 40.6 Å². The molecule has 178 valence electrons. The van der Waals surface area contributed by atoms with E-state index >= 15 is 0 Å². The maximum atomic E-state index is 12.3. The van der Waals surface area contributed by atoms with Gasteiger partial charge in [0.2, 0.25) is 11.8 Å². The summed E-state index contributed by atoms with van der Waals surface area (Å²) in [4.78, 5) is 24.5. The van der Waals surface area contributed by atoms with E-state index in [4.69, 9.17) is 9.47 Å². The van der Waals surface area contributed by atoms with E-state index in [1.807, 2.05) is 60.7 Å². The topological polar surface area (TPSA) is 101 Å². The van der Waals surface area contributed by atoms with Crippen LogP contribution in [-0.4, -0.2) is 35.6 Å². The Labute approximate surface area is 207 Å². The number of para-hydroxylation sites is 1. The molecule has 1 aliphatic heterocycles. The lowest BCUT2D eigenvalue weighted by Gasteiger charge is -2.11.